The molecule has 0 aromatic heterocycles. The number of benzene rings is 1. The summed E-state index contributed by atoms with van der Waals surface area (Å²) in [5, 5.41) is 2.94. The van der Waals surface area contributed by atoms with E-state index in [1.54, 1.807) is 12.0 Å². The first-order chi connectivity index (χ1) is 11.6. The molecule has 0 radical (unpaired) electrons. The lowest BCUT2D eigenvalue weighted by Crippen LogP contribution is -2.49. The molecule has 2 amide bonds. The van der Waals surface area contributed by atoms with Gasteiger partial charge >= 0.3 is 0 Å². The van der Waals surface area contributed by atoms with Crippen LogP contribution in [0, 0.1) is 0 Å². The maximum Gasteiger partial charge on any atom is 0.242 e. The van der Waals surface area contributed by atoms with E-state index in [1.165, 1.54) is 0 Å². The maximum atomic E-state index is 12.5. The van der Waals surface area contributed by atoms with Crippen molar-refractivity contribution in [3.63, 3.8) is 0 Å². The van der Waals surface area contributed by atoms with Gasteiger partial charge < -0.3 is 15.0 Å². The summed E-state index contributed by atoms with van der Waals surface area (Å²) in [7, 11) is 1.62. The zero-order valence-corrected chi connectivity index (χ0v) is 15.3. The van der Waals surface area contributed by atoms with Crippen LogP contribution in [0.5, 0.6) is 5.75 Å². The van der Waals surface area contributed by atoms with Gasteiger partial charge in [0.2, 0.25) is 11.8 Å². The number of unbranched alkanes of at least 4 members (excludes halogenated alkanes) is 1. The third-order valence-corrected chi connectivity index (χ3v) is 4.00. The second-order valence-electron chi connectivity index (χ2n) is 5.80. The third kappa shape index (κ3) is 5.87. The predicted molar refractivity (Wildman–Crippen MR) is 95.8 cm³/mol. The summed E-state index contributed by atoms with van der Waals surface area (Å²) >= 11 is 0. The molecule has 134 valence electrons. The molecule has 5 nitrogen and oxygen atoms in total. The Labute approximate surface area is 145 Å². The van der Waals surface area contributed by atoms with Gasteiger partial charge in [0.05, 0.1) is 7.11 Å². The summed E-state index contributed by atoms with van der Waals surface area (Å²) in [5.74, 6) is 0.655. The molecule has 0 spiro atoms. The molecule has 0 aliphatic carbocycles. The number of carbonyl (C=O) groups is 2. The Morgan fingerprint density at radius 1 is 1.25 bits per heavy atom. The van der Waals surface area contributed by atoms with Crippen LogP contribution in [0.1, 0.15) is 52.0 Å². The van der Waals surface area contributed by atoms with E-state index in [-0.39, 0.29) is 11.8 Å². The van der Waals surface area contributed by atoms with Crippen molar-refractivity contribution in [3.05, 3.63) is 29.8 Å². The van der Waals surface area contributed by atoms with Crippen molar-refractivity contribution < 1.29 is 14.3 Å². The Balaban J connectivity index is 2.92. The molecule has 1 aromatic carbocycles. The first-order valence-corrected chi connectivity index (χ1v) is 8.77. The number of nitrogens with one attached hydrogen (secondary N) is 1. The largest absolute Gasteiger partial charge is 0.497 e. The zero-order valence-electron chi connectivity index (χ0n) is 15.3. The fourth-order valence-electron chi connectivity index (χ4n) is 2.60. The summed E-state index contributed by atoms with van der Waals surface area (Å²) in [6.45, 7) is 6.90. The highest BCUT2D eigenvalue weighted by molar-refractivity contribution is 5.87. The standard InChI is InChI=1S/C19H30N2O3/c1-5-8-12-20-19(23)17(6-2)21(18(22)7-3)14-15-10-9-11-16(13-15)24-4/h9-11,13,17H,5-8,12,14H2,1-4H3,(H,20,23). The van der Waals surface area contributed by atoms with Crippen LogP contribution >= 0.6 is 0 Å². The van der Waals surface area contributed by atoms with Crippen molar-refractivity contribution in [2.24, 2.45) is 0 Å². The Bertz CT molecular complexity index is 531. The minimum absolute atomic E-state index is 0.0182. The number of ether oxygens (including phenoxy) is 1. The van der Waals surface area contributed by atoms with Crippen LogP contribution in [-0.2, 0) is 16.1 Å². The highest BCUT2D eigenvalue weighted by Gasteiger charge is 2.27. The minimum Gasteiger partial charge on any atom is -0.497 e. The van der Waals surface area contributed by atoms with Crippen molar-refractivity contribution in [2.45, 2.75) is 59.0 Å². The van der Waals surface area contributed by atoms with Crippen LogP contribution in [0.3, 0.4) is 0 Å². The molecule has 0 aliphatic heterocycles. The molecule has 0 saturated carbocycles. The number of hydrogen-bond acceptors (Lipinski definition) is 3. The van der Waals surface area contributed by atoms with Crippen LogP contribution in [0.2, 0.25) is 0 Å². The molecule has 1 rings (SSSR count). The Morgan fingerprint density at radius 3 is 2.58 bits per heavy atom. The smallest absolute Gasteiger partial charge is 0.242 e. The molecule has 1 N–H and O–H groups in total. The molecule has 0 bridgehead atoms. The van der Waals surface area contributed by atoms with Gasteiger partial charge in [0.15, 0.2) is 0 Å². The normalized spacial score (nSPS) is 11.7. The van der Waals surface area contributed by atoms with Crippen molar-refractivity contribution in [3.8, 4) is 5.75 Å². The molecular weight excluding hydrogens is 304 g/mol. The summed E-state index contributed by atoms with van der Waals surface area (Å²) in [4.78, 5) is 26.6. The maximum absolute atomic E-state index is 12.5. The van der Waals surface area contributed by atoms with Gasteiger partial charge in [-0.3, -0.25) is 9.59 Å². The van der Waals surface area contributed by atoms with Gasteiger partial charge in [-0.15, -0.1) is 0 Å². The van der Waals surface area contributed by atoms with Crippen LogP contribution in [0.4, 0.5) is 0 Å². The Morgan fingerprint density at radius 2 is 2.00 bits per heavy atom. The van der Waals surface area contributed by atoms with Crippen molar-refractivity contribution in [1.29, 1.82) is 0 Å². The summed E-state index contributed by atoms with van der Waals surface area (Å²) in [5.41, 5.74) is 0.955. The van der Waals surface area contributed by atoms with E-state index >= 15 is 0 Å². The molecule has 5 heteroatoms. The molecule has 24 heavy (non-hydrogen) atoms. The zero-order chi connectivity index (χ0) is 17.9. The van der Waals surface area contributed by atoms with Crippen LogP contribution in [-0.4, -0.2) is 36.4 Å². The topological polar surface area (TPSA) is 58.6 Å². The number of amides is 2. The number of hydrogen-bond donors (Lipinski definition) is 1. The second kappa shape index (κ2) is 10.7. The van der Waals surface area contributed by atoms with E-state index in [4.69, 9.17) is 4.74 Å². The van der Waals surface area contributed by atoms with Crippen molar-refractivity contribution >= 4 is 11.8 Å². The average molecular weight is 334 g/mol. The summed E-state index contributed by atoms with van der Waals surface area (Å²) in [6, 6.07) is 7.16. The fraction of sp³-hybridized carbons (Fsp3) is 0.579. The Hall–Kier alpha value is -2.04. The van der Waals surface area contributed by atoms with Crippen LogP contribution in [0.25, 0.3) is 0 Å². The van der Waals surface area contributed by atoms with E-state index in [1.807, 2.05) is 38.1 Å². The lowest BCUT2D eigenvalue weighted by Gasteiger charge is -2.30. The van der Waals surface area contributed by atoms with E-state index < -0.39 is 6.04 Å². The predicted octanol–water partition coefficient (Wildman–Crippen LogP) is 3.13. The first-order valence-electron chi connectivity index (χ1n) is 8.77. The van der Waals surface area contributed by atoms with Gasteiger partial charge in [-0.25, -0.2) is 0 Å². The number of carbonyl (C=O) groups excluding carboxylic acids is 2. The van der Waals surface area contributed by atoms with Gasteiger partial charge in [-0.1, -0.05) is 39.3 Å². The van der Waals surface area contributed by atoms with Gasteiger partial charge in [-0.2, -0.15) is 0 Å². The molecule has 1 unspecified atom stereocenters. The van der Waals surface area contributed by atoms with Gasteiger partial charge in [0, 0.05) is 19.5 Å². The molecule has 1 atom stereocenters. The highest BCUT2D eigenvalue weighted by atomic mass is 16.5. The minimum atomic E-state index is -0.444. The highest BCUT2D eigenvalue weighted by Crippen LogP contribution is 2.17. The lowest BCUT2D eigenvalue weighted by atomic mass is 10.1. The SMILES string of the molecule is CCCCNC(=O)C(CC)N(Cc1cccc(OC)c1)C(=O)CC. The van der Waals surface area contributed by atoms with Gasteiger partial charge in [0.25, 0.3) is 0 Å². The number of methoxy groups -OCH3 is 1. The molecule has 0 saturated heterocycles. The first kappa shape index (κ1) is 20.0. The van der Waals surface area contributed by atoms with E-state index in [0.717, 1.165) is 24.2 Å². The molecule has 0 aliphatic rings. The number of rotatable bonds is 10. The van der Waals surface area contributed by atoms with Gasteiger partial charge in [0.1, 0.15) is 11.8 Å². The molecule has 0 heterocycles. The number of nitrogens with zero attached hydrogens (tertiary/aromatic N) is 1. The molecule has 0 fully saturated rings. The Kier molecular flexibility index (Phi) is 8.90. The third-order valence-electron chi connectivity index (χ3n) is 4.00. The summed E-state index contributed by atoms with van der Waals surface area (Å²) < 4.78 is 5.24. The van der Waals surface area contributed by atoms with Crippen molar-refractivity contribution in [1.82, 2.24) is 10.2 Å². The lowest BCUT2D eigenvalue weighted by molar-refractivity contribution is -0.141. The summed E-state index contributed by atoms with van der Waals surface area (Å²) in [6.07, 6.45) is 2.94. The quantitative estimate of drug-likeness (QED) is 0.669. The van der Waals surface area contributed by atoms with Crippen LogP contribution in [0.15, 0.2) is 24.3 Å². The van der Waals surface area contributed by atoms with Gasteiger partial charge in [-0.05, 0) is 30.5 Å². The fourth-order valence-corrected chi connectivity index (χ4v) is 2.60. The molecular formula is C19H30N2O3. The van der Waals surface area contributed by atoms with Crippen LogP contribution < -0.4 is 10.1 Å². The monoisotopic (exact) mass is 334 g/mol. The second-order valence-corrected chi connectivity index (χ2v) is 5.80. The molecule has 1 aromatic rings. The van der Waals surface area contributed by atoms with E-state index in [9.17, 15) is 9.59 Å². The van der Waals surface area contributed by atoms with Crippen molar-refractivity contribution in [2.75, 3.05) is 13.7 Å². The van der Waals surface area contributed by atoms with E-state index in [2.05, 4.69) is 12.2 Å². The average Bonchev–Trinajstić information content (AvgIpc) is 2.61. The van der Waals surface area contributed by atoms with E-state index in [0.29, 0.717) is 25.9 Å².